The van der Waals surface area contributed by atoms with Gasteiger partial charge in [0, 0.05) is 53.7 Å². The van der Waals surface area contributed by atoms with Crippen molar-refractivity contribution in [3.05, 3.63) is 58.2 Å². The van der Waals surface area contributed by atoms with Crippen molar-refractivity contribution < 1.29 is 9.13 Å². The molecule has 1 saturated heterocycles. The zero-order valence-corrected chi connectivity index (χ0v) is 19.2. The minimum absolute atomic E-state index is 0.0646. The highest BCUT2D eigenvalue weighted by molar-refractivity contribution is 6.36. The van der Waals surface area contributed by atoms with E-state index in [0.717, 1.165) is 30.1 Å². The molecule has 2 aromatic heterocycles. The van der Waals surface area contributed by atoms with Gasteiger partial charge < -0.3 is 10.5 Å². The molecular weight excluding hydrogens is 452 g/mol. The first kappa shape index (κ1) is 21.5. The molecule has 0 radical (unpaired) electrons. The first-order chi connectivity index (χ1) is 15.4. The molecule has 2 aliphatic rings. The van der Waals surface area contributed by atoms with Gasteiger partial charge >= 0.3 is 0 Å². The summed E-state index contributed by atoms with van der Waals surface area (Å²) < 4.78 is 21.9. The Hall–Kier alpha value is -2.35. The van der Waals surface area contributed by atoms with E-state index < -0.39 is 11.9 Å². The monoisotopic (exact) mass is 475 g/mol. The molecular formula is C23H24Cl2FN5O. The van der Waals surface area contributed by atoms with E-state index in [9.17, 15) is 4.39 Å². The number of nitrogen functional groups attached to an aromatic ring is 1. The van der Waals surface area contributed by atoms with Gasteiger partial charge in [0.15, 0.2) is 11.6 Å². The molecule has 2 fully saturated rings. The van der Waals surface area contributed by atoms with E-state index in [-0.39, 0.29) is 10.8 Å². The van der Waals surface area contributed by atoms with Crippen LogP contribution < -0.4 is 10.5 Å². The summed E-state index contributed by atoms with van der Waals surface area (Å²) in [5.41, 5.74) is 8.17. The molecule has 3 heterocycles. The summed E-state index contributed by atoms with van der Waals surface area (Å²) in [6.45, 7) is 5.03. The Morgan fingerprint density at radius 1 is 1.22 bits per heavy atom. The molecule has 1 aliphatic carbocycles. The van der Waals surface area contributed by atoms with Crippen LogP contribution in [0.3, 0.4) is 0 Å². The number of hydrogen-bond donors (Lipinski definition) is 1. The number of likely N-dealkylation sites (tertiary alicyclic amines) is 1. The predicted octanol–water partition coefficient (Wildman–Crippen LogP) is 5.38. The fourth-order valence-corrected chi connectivity index (χ4v) is 4.76. The highest BCUT2D eigenvalue weighted by Gasteiger charge is 2.33. The Kier molecular flexibility index (Phi) is 5.73. The number of nitrogens with two attached hydrogens (primary N) is 1. The van der Waals surface area contributed by atoms with Crippen LogP contribution in [0.2, 0.25) is 10.0 Å². The van der Waals surface area contributed by atoms with Crippen molar-refractivity contribution in [2.24, 2.45) is 5.92 Å². The maximum absolute atomic E-state index is 13.9. The number of rotatable bonds is 7. The van der Waals surface area contributed by atoms with E-state index in [1.54, 1.807) is 13.1 Å². The number of aromatic nitrogens is 3. The lowest BCUT2D eigenvalue weighted by molar-refractivity contribution is 0.0935. The maximum atomic E-state index is 13.9. The number of benzene rings is 1. The molecule has 0 amide bonds. The van der Waals surface area contributed by atoms with Crippen molar-refractivity contribution in [2.45, 2.75) is 31.9 Å². The molecule has 3 aromatic rings. The number of anilines is 1. The number of nitrogens with zero attached hydrogens (tertiary/aromatic N) is 4. The Morgan fingerprint density at radius 2 is 2.00 bits per heavy atom. The largest absolute Gasteiger partial charge is 0.482 e. The summed E-state index contributed by atoms with van der Waals surface area (Å²) >= 11 is 12.3. The Bertz CT molecular complexity index is 1140. The van der Waals surface area contributed by atoms with Crippen LogP contribution in [0.5, 0.6) is 5.75 Å². The average molecular weight is 476 g/mol. The van der Waals surface area contributed by atoms with Gasteiger partial charge in [-0.3, -0.25) is 9.58 Å². The lowest BCUT2D eigenvalue weighted by Gasteiger charge is -2.39. The van der Waals surface area contributed by atoms with Crippen LogP contribution in [-0.4, -0.2) is 39.3 Å². The van der Waals surface area contributed by atoms with Crippen LogP contribution in [0.15, 0.2) is 36.8 Å². The van der Waals surface area contributed by atoms with Crippen LogP contribution in [0.4, 0.5) is 10.2 Å². The van der Waals surface area contributed by atoms with E-state index in [1.807, 2.05) is 23.1 Å². The molecule has 1 unspecified atom stereocenters. The normalized spacial score (nSPS) is 17.9. The topological polar surface area (TPSA) is 69.2 Å². The average Bonchev–Trinajstić information content (AvgIpc) is 3.43. The molecule has 1 aliphatic heterocycles. The smallest absolute Gasteiger partial charge is 0.166 e. The fraction of sp³-hybridized carbons (Fsp3) is 0.391. The molecule has 1 saturated carbocycles. The first-order valence-electron chi connectivity index (χ1n) is 10.7. The van der Waals surface area contributed by atoms with Crippen molar-refractivity contribution in [3.8, 4) is 16.9 Å². The third-order valence-electron chi connectivity index (χ3n) is 6.13. The van der Waals surface area contributed by atoms with Gasteiger partial charge in [0.1, 0.15) is 11.9 Å². The minimum atomic E-state index is -0.625. The van der Waals surface area contributed by atoms with Crippen molar-refractivity contribution in [1.82, 2.24) is 19.7 Å². The van der Waals surface area contributed by atoms with Crippen LogP contribution in [0.25, 0.3) is 11.1 Å². The molecule has 0 bridgehead atoms. The predicted molar refractivity (Wildman–Crippen MR) is 124 cm³/mol. The number of hydrogen-bond acceptors (Lipinski definition) is 5. The van der Waals surface area contributed by atoms with Crippen LogP contribution in [0.1, 0.15) is 37.5 Å². The SMILES string of the molecule is CC(Oc1cc(-c2cnn(C3CN(CC4CC4)C3)c2)cnc1N)c1c(Cl)ccc(F)c1Cl. The van der Waals surface area contributed by atoms with Crippen molar-refractivity contribution in [3.63, 3.8) is 0 Å². The Morgan fingerprint density at radius 3 is 2.75 bits per heavy atom. The Labute approximate surface area is 196 Å². The van der Waals surface area contributed by atoms with Crippen LogP contribution >= 0.6 is 23.2 Å². The Balaban J connectivity index is 1.31. The fourth-order valence-electron chi connectivity index (χ4n) is 4.08. The molecule has 1 aromatic carbocycles. The van der Waals surface area contributed by atoms with Gasteiger partial charge in [-0.1, -0.05) is 23.2 Å². The van der Waals surface area contributed by atoms with Gasteiger partial charge in [-0.05, 0) is 43.9 Å². The third-order valence-corrected chi connectivity index (χ3v) is 6.85. The summed E-state index contributed by atoms with van der Waals surface area (Å²) in [4.78, 5) is 6.76. The summed E-state index contributed by atoms with van der Waals surface area (Å²) in [7, 11) is 0. The maximum Gasteiger partial charge on any atom is 0.166 e. The number of ether oxygens (including phenoxy) is 1. The molecule has 5 rings (SSSR count). The summed E-state index contributed by atoms with van der Waals surface area (Å²) in [6, 6.07) is 4.89. The molecule has 32 heavy (non-hydrogen) atoms. The van der Waals surface area contributed by atoms with E-state index in [2.05, 4.69) is 15.0 Å². The van der Waals surface area contributed by atoms with Crippen molar-refractivity contribution >= 4 is 29.0 Å². The lowest BCUT2D eigenvalue weighted by Crippen LogP contribution is -2.48. The zero-order chi connectivity index (χ0) is 22.4. The lowest BCUT2D eigenvalue weighted by atomic mass is 10.1. The van der Waals surface area contributed by atoms with Gasteiger partial charge in [0.2, 0.25) is 0 Å². The molecule has 9 heteroatoms. The molecule has 0 spiro atoms. The zero-order valence-electron chi connectivity index (χ0n) is 17.6. The second-order valence-corrected chi connectivity index (χ2v) is 9.43. The van der Waals surface area contributed by atoms with E-state index in [1.165, 1.54) is 31.5 Å². The second-order valence-electron chi connectivity index (χ2n) is 8.65. The highest BCUT2D eigenvalue weighted by Crippen LogP contribution is 2.37. The number of halogens is 3. The molecule has 1 atom stereocenters. The van der Waals surface area contributed by atoms with Gasteiger partial charge in [-0.25, -0.2) is 9.37 Å². The van der Waals surface area contributed by atoms with E-state index >= 15 is 0 Å². The quantitative estimate of drug-likeness (QED) is 0.464. The third kappa shape index (κ3) is 4.29. The highest BCUT2D eigenvalue weighted by atomic mass is 35.5. The van der Waals surface area contributed by atoms with Crippen molar-refractivity contribution in [2.75, 3.05) is 25.4 Å². The summed E-state index contributed by atoms with van der Waals surface area (Å²) in [6.07, 6.45) is 7.66. The van der Waals surface area contributed by atoms with Gasteiger partial charge in [-0.2, -0.15) is 5.10 Å². The minimum Gasteiger partial charge on any atom is -0.482 e. The summed E-state index contributed by atoms with van der Waals surface area (Å²) in [5, 5.41) is 4.81. The van der Waals surface area contributed by atoms with E-state index in [4.69, 9.17) is 33.7 Å². The molecule has 2 N–H and O–H groups in total. The molecule has 6 nitrogen and oxygen atoms in total. The van der Waals surface area contributed by atoms with Gasteiger partial charge in [-0.15, -0.1) is 0 Å². The van der Waals surface area contributed by atoms with Gasteiger partial charge in [0.05, 0.1) is 17.3 Å². The van der Waals surface area contributed by atoms with Crippen LogP contribution in [-0.2, 0) is 0 Å². The van der Waals surface area contributed by atoms with Gasteiger partial charge in [0.25, 0.3) is 0 Å². The summed E-state index contributed by atoms with van der Waals surface area (Å²) in [5.74, 6) is 0.952. The first-order valence-corrected chi connectivity index (χ1v) is 11.5. The van der Waals surface area contributed by atoms with E-state index in [0.29, 0.717) is 22.4 Å². The number of pyridine rings is 1. The van der Waals surface area contributed by atoms with Crippen molar-refractivity contribution in [1.29, 1.82) is 0 Å². The molecule has 168 valence electrons. The standard InChI is InChI=1S/C23H24Cl2FN5O/c1-13(21-18(24)4-5-19(26)22(21)25)32-20-6-15(7-28-23(20)27)16-8-29-31(10-16)17-11-30(12-17)9-14-2-3-14/h4-8,10,13-14,17H,2-3,9,11-12H2,1H3,(H2,27,28). The second kappa shape index (κ2) is 8.54. The van der Waals surface area contributed by atoms with Crippen LogP contribution in [0, 0.1) is 11.7 Å².